The van der Waals surface area contributed by atoms with Gasteiger partial charge in [-0.15, -0.1) is 0 Å². The first kappa shape index (κ1) is 16.9. The first-order chi connectivity index (χ1) is 8.21. The average Bonchev–Trinajstić information content (AvgIpc) is 2.27. The summed E-state index contributed by atoms with van der Waals surface area (Å²) < 4.78 is 4.62. The number of carbonyl (C=O) groups is 2. The summed E-state index contributed by atoms with van der Waals surface area (Å²) in [6.45, 7) is 10.2. The van der Waals surface area contributed by atoms with E-state index in [4.69, 9.17) is 0 Å². The number of methoxy groups -OCH3 is 1. The molecule has 1 N–H and O–H groups in total. The highest BCUT2D eigenvalue weighted by atomic mass is 16.5. The van der Waals surface area contributed by atoms with Gasteiger partial charge >= 0.3 is 5.97 Å². The summed E-state index contributed by atoms with van der Waals surface area (Å²) in [5, 5.41) is 2.95. The molecule has 0 heterocycles. The standard InChI is InChI=1S/C13H26N2O3/c1-7-13(4,5)14-11(16)8-15(10(2)3)9-12(17)18-6/h10H,7-9H2,1-6H3,(H,14,16). The molecule has 0 saturated heterocycles. The summed E-state index contributed by atoms with van der Waals surface area (Å²) >= 11 is 0. The van der Waals surface area contributed by atoms with E-state index < -0.39 is 0 Å². The van der Waals surface area contributed by atoms with Crippen LogP contribution < -0.4 is 5.32 Å². The summed E-state index contributed by atoms with van der Waals surface area (Å²) in [6.07, 6.45) is 0.859. The zero-order valence-corrected chi connectivity index (χ0v) is 12.4. The fourth-order valence-corrected chi connectivity index (χ4v) is 1.34. The van der Waals surface area contributed by atoms with Gasteiger partial charge in [0.25, 0.3) is 0 Å². The average molecular weight is 258 g/mol. The SMILES string of the molecule is CCC(C)(C)NC(=O)CN(CC(=O)OC)C(C)C. The van der Waals surface area contributed by atoms with Crippen LogP contribution in [-0.4, -0.2) is 48.6 Å². The lowest BCUT2D eigenvalue weighted by atomic mass is 10.0. The van der Waals surface area contributed by atoms with E-state index >= 15 is 0 Å². The molecule has 0 aliphatic heterocycles. The smallest absolute Gasteiger partial charge is 0.319 e. The molecule has 1 amide bonds. The molecular formula is C13H26N2O3. The van der Waals surface area contributed by atoms with Crippen molar-refractivity contribution >= 4 is 11.9 Å². The number of hydrogen-bond donors (Lipinski definition) is 1. The van der Waals surface area contributed by atoms with Crippen LogP contribution >= 0.6 is 0 Å². The van der Waals surface area contributed by atoms with Crippen molar-refractivity contribution in [1.29, 1.82) is 0 Å². The van der Waals surface area contributed by atoms with Gasteiger partial charge in [0.1, 0.15) is 0 Å². The molecule has 0 aliphatic carbocycles. The fraction of sp³-hybridized carbons (Fsp3) is 0.846. The second kappa shape index (κ2) is 7.36. The number of amides is 1. The maximum absolute atomic E-state index is 11.9. The lowest BCUT2D eigenvalue weighted by Crippen LogP contribution is -2.49. The molecule has 5 heteroatoms. The van der Waals surface area contributed by atoms with E-state index in [1.807, 2.05) is 34.6 Å². The number of carbonyl (C=O) groups excluding carboxylic acids is 2. The second-order valence-electron chi connectivity index (χ2n) is 5.36. The molecule has 5 nitrogen and oxygen atoms in total. The Hall–Kier alpha value is -1.10. The Morgan fingerprint density at radius 1 is 1.28 bits per heavy atom. The van der Waals surface area contributed by atoms with Crippen molar-refractivity contribution in [3.05, 3.63) is 0 Å². The van der Waals surface area contributed by atoms with Gasteiger partial charge in [-0.2, -0.15) is 0 Å². The van der Waals surface area contributed by atoms with Crippen molar-refractivity contribution < 1.29 is 14.3 Å². The van der Waals surface area contributed by atoms with Crippen LogP contribution in [0.2, 0.25) is 0 Å². The Labute approximate surface area is 110 Å². The van der Waals surface area contributed by atoms with E-state index in [0.29, 0.717) is 0 Å². The Bertz CT molecular complexity index is 288. The maximum atomic E-state index is 11.9. The molecule has 0 unspecified atom stereocenters. The minimum absolute atomic E-state index is 0.0700. The van der Waals surface area contributed by atoms with E-state index in [9.17, 15) is 9.59 Å². The molecule has 0 aromatic rings. The van der Waals surface area contributed by atoms with Crippen molar-refractivity contribution in [1.82, 2.24) is 10.2 Å². The lowest BCUT2D eigenvalue weighted by molar-refractivity contribution is -0.142. The molecule has 18 heavy (non-hydrogen) atoms. The number of nitrogens with zero attached hydrogens (tertiary/aromatic N) is 1. The second-order valence-corrected chi connectivity index (χ2v) is 5.36. The summed E-state index contributed by atoms with van der Waals surface area (Å²) in [5.74, 6) is -0.397. The molecule has 0 aromatic carbocycles. The fourth-order valence-electron chi connectivity index (χ4n) is 1.34. The molecule has 0 aliphatic rings. The summed E-state index contributed by atoms with van der Waals surface area (Å²) in [4.78, 5) is 24.9. The van der Waals surface area contributed by atoms with Gasteiger partial charge in [0.05, 0.1) is 20.2 Å². The molecule has 0 radical (unpaired) electrons. The molecule has 0 bridgehead atoms. The first-order valence-electron chi connectivity index (χ1n) is 6.33. The highest BCUT2D eigenvalue weighted by molar-refractivity contribution is 5.80. The van der Waals surface area contributed by atoms with E-state index in [-0.39, 0.29) is 36.5 Å². The van der Waals surface area contributed by atoms with Gasteiger partial charge in [-0.25, -0.2) is 0 Å². The van der Waals surface area contributed by atoms with Gasteiger partial charge in [0.2, 0.25) is 5.91 Å². The molecule has 0 atom stereocenters. The summed E-state index contributed by atoms with van der Waals surface area (Å²) in [7, 11) is 1.35. The Morgan fingerprint density at radius 2 is 1.83 bits per heavy atom. The highest BCUT2D eigenvalue weighted by Gasteiger charge is 2.22. The zero-order valence-electron chi connectivity index (χ0n) is 12.4. The third kappa shape index (κ3) is 6.59. The highest BCUT2D eigenvalue weighted by Crippen LogP contribution is 2.07. The lowest BCUT2D eigenvalue weighted by Gasteiger charge is -2.29. The molecule has 0 fully saturated rings. The first-order valence-corrected chi connectivity index (χ1v) is 6.33. The molecule has 0 rings (SSSR count). The Kier molecular flexibility index (Phi) is 6.91. The van der Waals surface area contributed by atoms with Crippen molar-refractivity contribution in [2.24, 2.45) is 0 Å². The van der Waals surface area contributed by atoms with Crippen LogP contribution in [0.15, 0.2) is 0 Å². The number of ether oxygens (including phenoxy) is 1. The molecule has 106 valence electrons. The van der Waals surface area contributed by atoms with Gasteiger partial charge in [-0.05, 0) is 34.1 Å². The minimum Gasteiger partial charge on any atom is -0.468 e. The van der Waals surface area contributed by atoms with Crippen LogP contribution in [0.1, 0.15) is 41.0 Å². The predicted molar refractivity (Wildman–Crippen MR) is 71.2 cm³/mol. The van der Waals surface area contributed by atoms with Gasteiger partial charge in [-0.3, -0.25) is 14.5 Å². The van der Waals surface area contributed by atoms with Gasteiger partial charge in [0.15, 0.2) is 0 Å². The van der Waals surface area contributed by atoms with Crippen molar-refractivity contribution in [2.75, 3.05) is 20.2 Å². The third-order valence-corrected chi connectivity index (χ3v) is 3.00. The quantitative estimate of drug-likeness (QED) is 0.697. The number of nitrogens with one attached hydrogen (secondary N) is 1. The van der Waals surface area contributed by atoms with Crippen molar-refractivity contribution in [3.8, 4) is 0 Å². The van der Waals surface area contributed by atoms with Crippen LogP contribution in [0.25, 0.3) is 0 Å². The number of esters is 1. The van der Waals surface area contributed by atoms with Gasteiger partial charge in [0, 0.05) is 11.6 Å². The Morgan fingerprint density at radius 3 is 2.22 bits per heavy atom. The normalized spacial score (nSPS) is 11.8. The van der Waals surface area contributed by atoms with E-state index in [2.05, 4.69) is 10.1 Å². The largest absolute Gasteiger partial charge is 0.468 e. The van der Waals surface area contributed by atoms with Crippen molar-refractivity contribution in [2.45, 2.75) is 52.6 Å². The Balaban J connectivity index is 4.42. The zero-order chi connectivity index (χ0) is 14.3. The predicted octanol–water partition coefficient (Wildman–Crippen LogP) is 1.17. The number of hydrogen-bond acceptors (Lipinski definition) is 4. The van der Waals surface area contributed by atoms with E-state index in [0.717, 1.165) is 6.42 Å². The molecular weight excluding hydrogens is 232 g/mol. The van der Waals surface area contributed by atoms with Crippen LogP contribution in [0.3, 0.4) is 0 Å². The van der Waals surface area contributed by atoms with Crippen LogP contribution in [0.4, 0.5) is 0 Å². The number of rotatable bonds is 7. The molecule has 0 saturated carbocycles. The van der Waals surface area contributed by atoms with Gasteiger partial charge < -0.3 is 10.1 Å². The van der Waals surface area contributed by atoms with Crippen molar-refractivity contribution in [3.63, 3.8) is 0 Å². The van der Waals surface area contributed by atoms with Crippen LogP contribution in [0.5, 0.6) is 0 Å². The van der Waals surface area contributed by atoms with Crippen LogP contribution in [0, 0.1) is 0 Å². The molecule has 0 aromatic heterocycles. The van der Waals surface area contributed by atoms with E-state index in [1.54, 1.807) is 4.90 Å². The summed E-state index contributed by atoms with van der Waals surface area (Å²) in [5.41, 5.74) is -0.217. The van der Waals surface area contributed by atoms with Crippen LogP contribution in [-0.2, 0) is 14.3 Å². The summed E-state index contributed by atoms with van der Waals surface area (Å²) in [6, 6.07) is 0.111. The van der Waals surface area contributed by atoms with E-state index in [1.165, 1.54) is 7.11 Å². The molecule has 0 spiro atoms. The topological polar surface area (TPSA) is 58.6 Å². The van der Waals surface area contributed by atoms with Gasteiger partial charge in [-0.1, -0.05) is 6.92 Å². The third-order valence-electron chi connectivity index (χ3n) is 3.00. The maximum Gasteiger partial charge on any atom is 0.319 e. The minimum atomic E-state index is -0.328. The monoisotopic (exact) mass is 258 g/mol.